The van der Waals surface area contributed by atoms with E-state index < -0.39 is 16.0 Å². The van der Waals surface area contributed by atoms with Gasteiger partial charge in [0.05, 0.1) is 17.9 Å². The van der Waals surface area contributed by atoms with Gasteiger partial charge in [-0.1, -0.05) is 24.3 Å². The molecular formula is C21H22N2O4S. The van der Waals surface area contributed by atoms with Gasteiger partial charge in [-0.3, -0.25) is 0 Å². The van der Waals surface area contributed by atoms with Crippen LogP contribution in [0.15, 0.2) is 48.7 Å². The Hall–Kier alpha value is -2.64. The van der Waals surface area contributed by atoms with Crippen molar-refractivity contribution < 1.29 is 18.3 Å². The molecule has 4 rings (SSSR count). The summed E-state index contributed by atoms with van der Waals surface area (Å²) in [6, 6.07) is 12.7. The van der Waals surface area contributed by atoms with E-state index in [-0.39, 0.29) is 11.6 Å². The van der Waals surface area contributed by atoms with Crippen molar-refractivity contribution in [2.75, 3.05) is 12.8 Å². The van der Waals surface area contributed by atoms with Crippen molar-refractivity contribution in [3.8, 4) is 0 Å². The predicted octanol–water partition coefficient (Wildman–Crippen LogP) is 3.36. The molecule has 1 atom stereocenters. The molecule has 1 heterocycles. The number of H-pyrrole nitrogens is 1. The van der Waals surface area contributed by atoms with Crippen LogP contribution in [0.5, 0.6) is 0 Å². The number of sulfonamides is 1. The van der Waals surface area contributed by atoms with Gasteiger partial charge in [0.25, 0.3) is 0 Å². The smallest absolute Gasteiger partial charge is 0.335 e. The van der Waals surface area contributed by atoms with E-state index in [1.807, 2.05) is 30.5 Å². The van der Waals surface area contributed by atoms with Crippen LogP contribution in [0.3, 0.4) is 0 Å². The largest absolute Gasteiger partial charge is 0.478 e. The summed E-state index contributed by atoms with van der Waals surface area (Å²) in [7, 11) is -3.42. The van der Waals surface area contributed by atoms with Crippen molar-refractivity contribution in [2.45, 2.75) is 25.3 Å². The highest BCUT2D eigenvalue weighted by atomic mass is 32.2. The van der Waals surface area contributed by atoms with Gasteiger partial charge in [-0.2, -0.15) is 4.31 Å². The number of rotatable bonds is 6. The second-order valence-electron chi connectivity index (χ2n) is 7.26. The number of aromatic carboxylic acids is 1. The zero-order chi connectivity index (χ0) is 19.9. The number of carbonyl (C=O) groups is 1. The monoisotopic (exact) mass is 398 g/mol. The number of para-hydroxylation sites is 1. The number of hydrogen-bond donors (Lipinski definition) is 2. The number of carboxylic acids is 1. The number of benzene rings is 2. The zero-order valence-corrected chi connectivity index (χ0v) is 16.4. The zero-order valence-electron chi connectivity index (χ0n) is 15.6. The number of aryl methyl sites for hydroxylation is 1. The third kappa shape index (κ3) is 3.43. The molecule has 146 valence electrons. The molecule has 28 heavy (non-hydrogen) atoms. The van der Waals surface area contributed by atoms with E-state index in [1.165, 1.54) is 6.26 Å². The molecule has 0 saturated heterocycles. The fraction of sp³-hybridized carbons (Fsp3) is 0.286. The van der Waals surface area contributed by atoms with Crippen LogP contribution < -0.4 is 0 Å². The lowest BCUT2D eigenvalue weighted by Gasteiger charge is -2.27. The van der Waals surface area contributed by atoms with Crippen LogP contribution >= 0.6 is 0 Å². The topological polar surface area (TPSA) is 90.5 Å². The summed E-state index contributed by atoms with van der Waals surface area (Å²) in [4.78, 5) is 14.4. The Bertz CT molecular complexity index is 1150. The van der Waals surface area contributed by atoms with Crippen LogP contribution in [-0.2, 0) is 22.9 Å². The maximum absolute atomic E-state index is 12.6. The second-order valence-corrected chi connectivity index (χ2v) is 9.19. The average molecular weight is 398 g/mol. The van der Waals surface area contributed by atoms with Crippen LogP contribution in [0.4, 0.5) is 0 Å². The highest BCUT2D eigenvalue weighted by Crippen LogP contribution is 2.37. The first kappa shape index (κ1) is 18.7. The van der Waals surface area contributed by atoms with Crippen molar-refractivity contribution >= 4 is 26.9 Å². The van der Waals surface area contributed by atoms with E-state index in [9.17, 15) is 18.3 Å². The summed E-state index contributed by atoms with van der Waals surface area (Å²) in [5.41, 5.74) is 4.20. The van der Waals surface area contributed by atoms with Crippen molar-refractivity contribution in [3.63, 3.8) is 0 Å². The lowest BCUT2D eigenvalue weighted by molar-refractivity contribution is 0.0696. The molecule has 0 amide bonds. The van der Waals surface area contributed by atoms with Gasteiger partial charge < -0.3 is 10.1 Å². The van der Waals surface area contributed by atoms with E-state index in [0.29, 0.717) is 25.8 Å². The molecule has 0 radical (unpaired) electrons. The third-order valence-corrected chi connectivity index (χ3v) is 6.78. The molecule has 2 N–H and O–H groups in total. The van der Waals surface area contributed by atoms with E-state index in [1.54, 1.807) is 22.5 Å². The Morgan fingerprint density at radius 3 is 2.79 bits per heavy atom. The Labute approximate surface area is 163 Å². The molecule has 0 fully saturated rings. The quantitative estimate of drug-likeness (QED) is 0.666. The summed E-state index contributed by atoms with van der Waals surface area (Å²) >= 11 is 0. The Morgan fingerprint density at radius 1 is 1.25 bits per heavy atom. The summed E-state index contributed by atoms with van der Waals surface area (Å²) in [5, 5.41) is 10.3. The van der Waals surface area contributed by atoms with Crippen LogP contribution in [0, 0.1) is 0 Å². The molecule has 0 saturated carbocycles. The highest BCUT2D eigenvalue weighted by molar-refractivity contribution is 7.88. The van der Waals surface area contributed by atoms with Crippen molar-refractivity contribution in [1.29, 1.82) is 0 Å². The van der Waals surface area contributed by atoms with Gasteiger partial charge >= 0.3 is 5.97 Å². The third-order valence-electron chi connectivity index (χ3n) is 5.49. The molecule has 0 spiro atoms. The fourth-order valence-electron chi connectivity index (χ4n) is 4.15. The number of aromatic amines is 1. The lowest BCUT2D eigenvalue weighted by atomic mass is 10.0. The second kappa shape index (κ2) is 7.07. The van der Waals surface area contributed by atoms with Crippen LogP contribution in [0.2, 0.25) is 0 Å². The van der Waals surface area contributed by atoms with Gasteiger partial charge in [-0.05, 0) is 54.2 Å². The Balaban J connectivity index is 1.61. The number of carboxylic acid groups (broad SMARTS) is 1. The normalized spacial score (nSPS) is 16.6. The first-order valence-corrected chi connectivity index (χ1v) is 11.1. The van der Waals surface area contributed by atoms with Crippen LogP contribution in [-0.4, -0.2) is 41.6 Å². The molecule has 0 aliphatic heterocycles. The van der Waals surface area contributed by atoms with Crippen LogP contribution in [0.25, 0.3) is 10.9 Å². The standard InChI is InChI=1S/C21H22N2O4S/c1-28(26,27)23(11-10-16-13-22-19-5-3-2-4-17(16)19)20-9-7-14-12-15(21(24)25)6-8-18(14)20/h2-6,8,12-13,20,22H,7,9-11H2,1H3,(H,24,25). The molecule has 1 aliphatic carbocycles. The minimum Gasteiger partial charge on any atom is -0.478 e. The average Bonchev–Trinajstić information content (AvgIpc) is 3.25. The van der Waals surface area contributed by atoms with Gasteiger partial charge in [0.1, 0.15) is 0 Å². The molecular weight excluding hydrogens is 376 g/mol. The molecule has 2 aromatic carbocycles. The first-order chi connectivity index (χ1) is 13.3. The Morgan fingerprint density at radius 2 is 2.04 bits per heavy atom. The van der Waals surface area contributed by atoms with E-state index in [2.05, 4.69) is 4.98 Å². The molecule has 1 unspecified atom stereocenters. The van der Waals surface area contributed by atoms with Gasteiger partial charge in [-0.15, -0.1) is 0 Å². The molecule has 7 heteroatoms. The highest BCUT2D eigenvalue weighted by Gasteiger charge is 2.33. The van der Waals surface area contributed by atoms with Crippen molar-refractivity contribution in [2.24, 2.45) is 0 Å². The summed E-state index contributed by atoms with van der Waals surface area (Å²) < 4.78 is 26.7. The number of hydrogen-bond acceptors (Lipinski definition) is 3. The van der Waals surface area contributed by atoms with Crippen molar-refractivity contribution in [1.82, 2.24) is 9.29 Å². The minimum atomic E-state index is -3.42. The number of nitrogens with one attached hydrogen (secondary N) is 1. The van der Waals surface area contributed by atoms with Crippen LogP contribution in [0.1, 0.15) is 39.5 Å². The molecule has 0 bridgehead atoms. The lowest BCUT2D eigenvalue weighted by Crippen LogP contribution is -2.34. The van der Waals surface area contributed by atoms with Gasteiger partial charge in [0, 0.05) is 23.6 Å². The summed E-state index contributed by atoms with van der Waals surface area (Å²) in [6.07, 6.45) is 5.13. The maximum Gasteiger partial charge on any atom is 0.335 e. The number of aromatic nitrogens is 1. The summed E-state index contributed by atoms with van der Waals surface area (Å²) in [5.74, 6) is -0.967. The maximum atomic E-state index is 12.6. The first-order valence-electron chi connectivity index (χ1n) is 9.22. The van der Waals surface area contributed by atoms with Crippen molar-refractivity contribution in [3.05, 3.63) is 70.9 Å². The molecule has 1 aromatic heterocycles. The Kier molecular flexibility index (Phi) is 4.72. The summed E-state index contributed by atoms with van der Waals surface area (Å²) in [6.45, 7) is 0.380. The number of nitrogens with zero attached hydrogens (tertiary/aromatic N) is 1. The van der Waals surface area contributed by atoms with Gasteiger partial charge in [-0.25, -0.2) is 13.2 Å². The fourth-order valence-corrected chi connectivity index (χ4v) is 5.25. The van der Waals surface area contributed by atoms with Gasteiger partial charge in [0.15, 0.2) is 0 Å². The molecule has 3 aromatic rings. The van der Waals surface area contributed by atoms with E-state index in [4.69, 9.17) is 0 Å². The van der Waals surface area contributed by atoms with Gasteiger partial charge in [0.2, 0.25) is 10.0 Å². The molecule has 1 aliphatic rings. The van der Waals surface area contributed by atoms with E-state index >= 15 is 0 Å². The van der Waals surface area contributed by atoms with E-state index in [0.717, 1.165) is 27.6 Å². The number of fused-ring (bicyclic) bond motifs is 2. The minimum absolute atomic E-state index is 0.240. The molecule has 6 nitrogen and oxygen atoms in total. The predicted molar refractivity (Wildman–Crippen MR) is 108 cm³/mol. The SMILES string of the molecule is CS(=O)(=O)N(CCc1c[nH]c2ccccc12)C1CCc2cc(C(=O)O)ccc21.